The van der Waals surface area contributed by atoms with Crippen molar-refractivity contribution in [2.24, 2.45) is 0 Å². The van der Waals surface area contributed by atoms with Crippen LogP contribution in [0, 0.1) is 0 Å². The van der Waals surface area contributed by atoms with Crippen LogP contribution in [0.5, 0.6) is 0 Å². The van der Waals surface area contributed by atoms with Crippen LogP contribution in [0.4, 0.5) is 23.2 Å². The van der Waals surface area contributed by atoms with Crippen LogP contribution in [0.3, 0.4) is 0 Å². The Kier molecular flexibility index (Phi) is 6.98. The minimum atomic E-state index is -4.88. The number of nitrogens with one attached hydrogen (secondary N) is 2. The zero-order valence-corrected chi connectivity index (χ0v) is 20.4. The van der Waals surface area contributed by atoms with E-state index in [0.717, 1.165) is 0 Å². The molecule has 0 bridgehead atoms. The fraction of sp³-hybridized carbons (Fsp3) is 0.304. The number of fused-ring (bicyclic) bond motifs is 1. The number of hydrogen-bond acceptors (Lipinski definition) is 4. The number of aromatic nitrogens is 3. The summed E-state index contributed by atoms with van der Waals surface area (Å²) in [5.74, 6) is -1.99. The Morgan fingerprint density at radius 3 is 2.53 bits per heavy atom. The van der Waals surface area contributed by atoms with Crippen LogP contribution in [0.15, 0.2) is 30.5 Å². The second kappa shape index (κ2) is 9.70. The summed E-state index contributed by atoms with van der Waals surface area (Å²) in [5.41, 5.74) is -1.74. The molecule has 0 saturated heterocycles. The number of alkyl halides is 4. The SMILES string of the molecule is CC(C)NC(=O)c1c(NC(=O)c2cc(C(F)(F)F)nn2-c2ncccc2Cl)c(Cl)cc2c1C(F)CC2. The van der Waals surface area contributed by atoms with Crippen molar-refractivity contribution in [3.8, 4) is 5.82 Å². The molecule has 0 saturated carbocycles. The normalized spacial score (nSPS) is 15.2. The summed E-state index contributed by atoms with van der Waals surface area (Å²) in [6.45, 7) is 3.39. The van der Waals surface area contributed by atoms with Crippen LogP contribution in [0.1, 0.15) is 64.1 Å². The summed E-state index contributed by atoms with van der Waals surface area (Å²) in [4.78, 5) is 30.3. The standard InChI is InChI=1S/C23H19Cl2F4N5O2/c1-10(2)31-22(36)18-17-11(5-6-14(17)26)8-13(25)19(18)32-21(35)15-9-16(23(27,28)29)33-34(15)20-12(24)4-3-7-30-20/h3-4,7-10,14H,5-6H2,1-2H3,(H,31,36)(H,32,35). The lowest BCUT2D eigenvalue weighted by molar-refractivity contribution is -0.141. The summed E-state index contributed by atoms with van der Waals surface area (Å²) >= 11 is 12.5. The molecule has 36 heavy (non-hydrogen) atoms. The summed E-state index contributed by atoms with van der Waals surface area (Å²) in [6, 6.07) is 4.46. The molecule has 0 spiro atoms. The third-order valence-corrected chi connectivity index (χ3v) is 6.04. The molecule has 1 aliphatic rings. The van der Waals surface area contributed by atoms with E-state index in [1.807, 2.05) is 0 Å². The highest BCUT2D eigenvalue weighted by molar-refractivity contribution is 6.35. The maximum Gasteiger partial charge on any atom is 0.435 e. The van der Waals surface area contributed by atoms with Crippen molar-refractivity contribution in [3.05, 3.63) is 68.6 Å². The molecule has 2 N–H and O–H groups in total. The summed E-state index contributed by atoms with van der Waals surface area (Å²) < 4.78 is 55.8. The number of nitrogens with zero attached hydrogens (tertiary/aromatic N) is 3. The summed E-state index contributed by atoms with van der Waals surface area (Å²) in [5, 5.41) is 8.40. The maximum absolute atomic E-state index is 14.8. The highest BCUT2D eigenvalue weighted by Crippen LogP contribution is 2.43. The molecule has 3 aromatic rings. The van der Waals surface area contributed by atoms with Gasteiger partial charge >= 0.3 is 6.18 Å². The highest BCUT2D eigenvalue weighted by atomic mass is 35.5. The van der Waals surface area contributed by atoms with E-state index in [-0.39, 0.29) is 45.1 Å². The van der Waals surface area contributed by atoms with Gasteiger partial charge in [0.15, 0.2) is 11.5 Å². The molecular weight excluding hydrogens is 525 g/mol. The van der Waals surface area contributed by atoms with E-state index in [1.165, 1.54) is 24.4 Å². The van der Waals surface area contributed by atoms with Gasteiger partial charge in [-0.3, -0.25) is 9.59 Å². The van der Waals surface area contributed by atoms with Gasteiger partial charge in [0, 0.05) is 23.9 Å². The third-order valence-electron chi connectivity index (χ3n) is 5.44. The molecule has 0 fully saturated rings. The Hall–Kier alpha value is -3.18. The minimum absolute atomic E-state index is 0.0591. The first-order valence-corrected chi connectivity index (χ1v) is 11.5. The number of pyridine rings is 1. The monoisotopic (exact) mass is 543 g/mol. The van der Waals surface area contributed by atoms with E-state index < -0.39 is 35.6 Å². The van der Waals surface area contributed by atoms with E-state index in [9.17, 15) is 27.2 Å². The molecule has 13 heteroatoms. The second-order valence-corrected chi connectivity index (χ2v) is 9.22. The number of hydrogen-bond donors (Lipinski definition) is 2. The van der Waals surface area contributed by atoms with Gasteiger partial charge in [-0.05, 0) is 50.5 Å². The van der Waals surface area contributed by atoms with Gasteiger partial charge in [0.1, 0.15) is 11.9 Å². The van der Waals surface area contributed by atoms with Crippen LogP contribution in [-0.2, 0) is 12.6 Å². The van der Waals surface area contributed by atoms with Gasteiger partial charge in [-0.2, -0.15) is 18.3 Å². The Bertz CT molecular complexity index is 1360. The molecule has 1 unspecified atom stereocenters. The highest BCUT2D eigenvalue weighted by Gasteiger charge is 2.37. The van der Waals surface area contributed by atoms with Crippen LogP contribution in [0.2, 0.25) is 10.0 Å². The first-order valence-electron chi connectivity index (χ1n) is 10.8. The summed E-state index contributed by atoms with van der Waals surface area (Å²) in [7, 11) is 0. The van der Waals surface area contributed by atoms with Crippen molar-refractivity contribution < 1.29 is 27.2 Å². The van der Waals surface area contributed by atoms with E-state index in [1.54, 1.807) is 13.8 Å². The van der Waals surface area contributed by atoms with Crippen LogP contribution in [0.25, 0.3) is 5.82 Å². The molecule has 190 valence electrons. The fourth-order valence-electron chi connectivity index (χ4n) is 3.95. The maximum atomic E-state index is 14.8. The van der Waals surface area contributed by atoms with Gasteiger partial charge < -0.3 is 10.6 Å². The lowest BCUT2D eigenvalue weighted by Crippen LogP contribution is -2.32. The number of benzene rings is 1. The molecule has 0 aliphatic heterocycles. The molecule has 1 atom stereocenters. The number of anilines is 1. The van der Waals surface area contributed by atoms with Crippen LogP contribution in [-0.4, -0.2) is 32.6 Å². The third kappa shape index (κ3) is 4.90. The first-order chi connectivity index (χ1) is 16.9. The predicted molar refractivity (Wildman–Crippen MR) is 126 cm³/mol. The molecule has 0 radical (unpaired) electrons. The number of amides is 2. The van der Waals surface area contributed by atoms with Gasteiger partial charge in [-0.1, -0.05) is 23.2 Å². The first kappa shape index (κ1) is 25.9. The van der Waals surface area contributed by atoms with E-state index in [4.69, 9.17) is 23.2 Å². The molecule has 2 aromatic heterocycles. The number of carbonyl (C=O) groups is 2. The molecule has 1 aliphatic carbocycles. The Balaban J connectivity index is 1.84. The topological polar surface area (TPSA) is 88.9 Å². The van der Waals surface area contributed by atoms with Crippen molar-refractivity contribution >= 4 is 40.7 Å². The molecule has 4 rings (SSSR count). The molecule has 7 nitrogen and oxygen atoms in total. The van der Waals surface area contributed by atoms with E-state index in [2.05, 4.69) is 20.7 Å². The zero-order valence-electron chi connectivity index (χ0n) is 18.9. The predicted octanol–water partition coefficient (Wildman–Crippen LogP) is 5.94. The lowest BCUT2D eigenvalue weighted by atomic mass is 9.99. The van der Waals surface area contributed by atoms with Crippen LogP contribution >= 0.6 is 23.2 Å². The molecule has 2 heterocycles. The van der Waals surface area contributed by atoms with E-state index >= 15 is 0 Å². The average Bonchev–Trinajstić information content (AvgIpc) is 3.38. The van der Waals surface area contributed by atoms with Gasteiger partial charge in [0.25, 0.3) is 11.8 Å². The number of halogens is 6. The quantitative estimate of drug-likeness (QED) is 0.390. The van der Waals surface area contributed by atoms with Crippen molar-refractivity contribution in [1.82, 2.24) is 20.1 Å². The van der Waals surface area contributed by atoms with Gasteiger partial charge in [-0.25, -0.2) is 14.1 Å². The van der Waals surface area contributed by atoms with Gasteiger partial charge in [0.05, 0.1) is 21.3 Å². The molecule has 2 amide bonds. The lowest BCUT2D eigenvalue weighted by Gasteiger charge is -2.19. The van der Waals surface area contributed by atoms with Gasteiger partial charge in [-0.15, -0.1) is 0 Å². The van der Waals surface area contributed by atoms with Crippen molar-refractivity contribution in [1.29, 1.82) is 0 Å². The zero-order chi connectivity index (χ0) is 26.4. The largest absolute Gasteiger partial charge is 0.435 e. The molecule has 1 aromatic carbocycles. The number of aryl methyl sites for hydroxylation is 1. The Morgan fingerprint density at radius 1 is 1.17 bits per heavy atom. The van der Waals surface area contributed by atoms with E-state index in [0.29, 0.717) is 22.7 Å². The minimum Gasteiger partial charge on any atom is -0.350 e. The Labute approximate surface area is 212 Å². The Morgan fingerprint density at radius 2 is 1.89 bits per heavy atom. The number of rotatable bonds is 5. The number of carbonyl (C=O) groups excluding carboxylic acids is 2. The van der Waals surface area contributed by atoms with Crippen molar-refractivity contribution in [2.45, 2.75) is 45.1 Å². The average molecular weight is 544 g/mol. The smallest absolute Gasteiger partial charge is 0.350 e. The molecular formula is C23H19Cl2F4N5O2. The fourth-order valence-corrected chi connectivity index (χ4v) is 4.43. The summed E-state index contributed by atoms with van der Waals surface area (Å²) in [6.07, 6.45) is -4.62. The second-order valence-electron chi connectivity index (χ2n) is 8.40. The van der Waals surface area contributed by atoms with Gasteiger partial charge in [0.2, 0.25) is 0 Å². The van der Waals surface area contributed by atoms with Crippen LogP contribution < -0.4 is 10.6 Å². The van der Waals surface area contributed by atoms with Crippen molar-refractivity contribution in [2.75, 3.05) is 5.32 Å². The van der Waals surface area contributed by atoms with Crippen molar-refractivity contribution in [3.63, 3.8) is 0 Å².